The lowest BCUT2D eigenvalue weighted by atomic mass is 10.0. The molecule has 0 fully saturated rings. The zero-order chi connectivity index (χ0) is 18.8. The van der Waals surface area contributed by atoms with Crippen LogP contribution in [0, 0.1) is 0 Å². The van der Waals surface area contributed by atoms with Gasteiger partial charge in [-0.25, -0.2) is 5.43 Å². The molecule has 2 amide bonds. The normalized spacial score (nSPS) is 10.8. The average molecular weight is 357 g/mol. The number of ether oxygens (including phenoxy) is 2. The number of amides is 2. The molecule has 0 spiro atoms. The number of nitrogens with one attached hydrogen (secondary N) is 2. The first kappa shape index (κ1) is 19.4. The highest BCUT2D eigenvalue weighted by Crippen LogP contribution is 2.26. The molecular formula is C19H23N3O4. The molecule has 0 aromatic heterocycles. The van der Waals surface area contributed by atoms with Crippen LogP contribution >= 0.6 is 0 Å². The zero-order valence-corrected chi connectivity index (χ0v) is 15.0. The van der Waals surface area contributed by atoms with Crippen molar-refractivity contribution in [1.82, 2.24) is 10.7 Å². The van der Waals surface area contributed by atoms with Gasteiger partial charge in [-0.15, -0.1) is 0 Å². The van der Waals surface area contributed by atoms with Gasteiger partial charge in [-0.2, -0.15) is 5.10 Å². The first-order valence-corrected chi connectivity index (χ1v) is 8.42. The van der Waals surface area contributed by atoms with E-state index in [4.69, 9.17) is 9.47 Å². The van der Waals surface area contributed by atoms with Crippen LogP contribution in [0.4, 0.5) is 0 Å². The number of hydrogen-bond donors (Lipinski definition) is 2. The fraction of sp³-hybridized carbons (Fsp3) is 0.316. The maximum atomic E-state index is 11.8. The Hall–Kier alpha value is -2.93. The highest BCUT2D eigenvalue weighted by Gasteiger charge is 2.12. The summed E-state index contributed by atoms with van der Waals surface area (Å²) >= 11 is 0. The minimum atomic E-state index is -0.822. The van der Waals surface area contributed by atoms with Gasteiger partial charge in [-0.3, -0.25) is 9.59 Å². The quantitative estimate of drug-likeness (QED) is 0.327. The minimum Gasteiger partial charge on any atom is -0.493 e. The largest absolute Gasteiger partial charge is 0.493 e. The van der Waals surface area contributed by atoms with Crippen molar-refractivity contribution in [2.45, 2.75) is 13.3 Å². The molecule has 7 nitrogen and oxygen atoms in total. The molecule has 0 saturated carbocycles. The summed E-state index contributed by atoms with van der Waals surface area (Å²) in [7, 11) is 1.58. The molecule has 0 heterocycles. The van der Waals surface area contributed by atoms with Gasteiger partial charge in [0, 0.05) is 25.8 Å². The summed E-state index contributed by atoms with van der Waals surface area (Å²) in [5, 5.41) is 8.38. The van der Waals surface area contributed by atoms with Gasteiger partial charge < -0.3 is 14.8 Å². The Morgan fingerprint density at radius 3 is 2.73 bits per heavy atom. The van der Waals surface area contributed by atoms with Gasteiger partial charge in [0.15, 0.2) is 0 Å². The van der Waals surface area contributed by atoms with Crippen LogP contribution in [-0.2, 0) is 14.3 Å². The van der Waals surface area contributed by atoms with Crippen molar-refractivity contribution in [3.8, 4) is 5.75 Å². The number of nitrogens with zero attached hydrogens (tertiary/aromatic N) is 1. The van der Waals surface area contributed by atoms with Crippen LogP contribution in [0.1, 0.15) is 18.9 Å². The van der Waals surface area contributed by atoms with E-state index in [0.29, 0.717) is 31.9 Å². The molecule has 0 aliphatic heterocycles. The topological polar surface area (TPSA) is 89.0 Å². The predicted molar refractivity (Wildman–Crippen MR) is 100 cm³/mol. The van der Waals surface area contributed by atoms with Crippen molar-refractivity contribution >= 4 is 28.8 Å². The van der Waals surface area contributed by atoms with E-state index in [1.807, 2.05) is 43.3 Å². The summed E-state index contributed by atoms with van der Waals surface area (Å²) in [5.41, 5.74) is 2.98. The van der Waals surface area contributed by atoms with Gasteiger partial charge in [0.05, 0.1) is 12.8 Å². The lowest BCUT2D eigenvalue weighted by Crippen LogP contribution is -2.38. The summed E-state index contributed by atoms with van der Waals surface area (Å²) in [6, 6.07) is 11.6. The third-order valence-electron chi connectivity index (χ3n) is 3.61. The van der Waals surface area contributed by atoms with Crippen molar-refractivity contribution < 1.29 is 19.1 Å². The van der Waals surface area contributed by atoms with E-state index < -0.39 is 11.8 Å². The summed E-state index contributed by atoms with van der Waals surface area (Å²) in [6.07, 6.45) is 2.12. The van der Waals surface area contributed by atoms with Gasteiger partial charge in [0.25, 0.3) is 0 Å². The molecule has 0 radical (unpaired) electrons. The molecule has 2 rings (SSSR count). The number of fused-ring (bicyclic) bond motifs is 1. The van der Waals surface area contributed by atoms with Gasteiger partial charge in [0.1, 0.15) is 5.75 Å². The second kappa shape index (κ2) is 10.1. The van der Waals surface area contributed by atoms with E-state index in [1.165, 1.54) is 6.21 Å². The Kier molecular flexibility index (Phi) is 7.57. The minimum absolute atomic E-state index is 0.363. The van der Waals surface area contributed by atoms with E-state index in [0.717, 1.165) is 16.3 Å². The van der Waals surface area contributed by atoms with Crippen LogP contribution in [-0.4, -0.2) is 44.9 Å². The fourth-order valence-electron chi connectivity index (χ4n) is 2.40. The van der Waals surface area contributed by atoms with Crippen LogP contribution in [0.5, 0.6) is 5.75 Å². The second-order valence-corrected chi connectivity index (χ2v) is 5.43. The highest BCUT2D eigenvalue weighted by molar-refractivity contribution is 6.35. The van der Waals surface area contributed by atoms with E-state index >= 15 is 0 Å². The van der Waals surface area contributed by atoms with Crippen molar-refractivity contribution in [2.75, 3.05) is 26.9 Å². The number of rotatable bonds is 8. The molecule has 0 atom stereocenters. The number of hydrogen-bond acceptors (Lipinski definition) is 5. The zero-order valence-electron chi connectivity index (χ0n) is 15.0. The Balaban J connectivity index is 2.06. The van der Waals surface area contributed by atoms with Crippen LogP contribution in [0.25, 0.3) is 10.8 Å². The van der Waals surface area contributed by atoms with Crippen LogP contribution in [0.2, 0.25) is 0 Å². The SMILES string of the molecule is CCOc1ccc2ccccc2c1/C=N\NC(=O)C(=O)NCCCOC. The number of carbonyl (C=O) groups excluding carboxylic acids is 2. The smallest absolute Gasteiger partial charge is 0.329 e. The number of carbonyl (C=O) groups is 2. The summed E-state index contributed by atoms with van der Waals surface area (Å²) in [5.74, 6) is -0.897. The van der Waals surface area contributed by atoms with Crippen LogP contribution < -0.4 is 15.5 Å². The van der Waals surface area contributed by atoms with Gasteiger partial charge in [0.2, 0.25) is 0 Å². The Labute approximate surface area is 152 Å². The first-order valence-electron chi connectivity index (χ1n) is 8.42. The van der Waals surface area contributed by atoms with E-state index in [2.05, 4.69) is 15.8 Å². The number of methoxy groups -OCH3 is 1. The summed E-state index contributed by atoms with van der Waals surface area (Å²) < 4.78 is 10.5. The molecule has 2 aromatic rings. The number of hydrazone groups is 1. The van der Waals surface area contributed by atoms with Gasteiger partial charge in [-0.1, -0.05) is 30.3 Å². The molecule has 138 valence electrons. The van der Waals surface area contributed by atoms with Crippen molar-refractivity contribution in [1.29, 1.82) is 0 Å². The van der Waals surface area contributed by atoms with Crippen LogP contribution in [0.3, 0.4) is 0 Å². The first-order chi connectivity index (χ1) is 12.7. The Morgan fingerprint density at radius 2 is 1.96 bits per heavy atom. The maximum Gasteiger partial charge on any atom is 0.329 e. The van der Waals surface area contributed by atoms with E-state index in [9.17, 15) is 9.59 Å². The molecule has 0 unspecified atom stereocenters. The Bertz CT molecular complexity index is 789. The predicted octanol–water partition coefficient (Wildman–Crippen LogP) is 1.84. The third kappa shape index (κ3) is 5.29. The fourth-order valence-corrected chi connectivity index (χ4v) is 2.40. The molecule has 2 aromatic carbocycles. The molecule has 7 heteroatoms. The monoisotopic (exact) mass is 357 g/mol. The molecule has 0 aliphatic rings. The van der Waals surface area contributed by atoms with Crippen molar-refractivity contribution in [3.05, 3.63) is 42.0 Å². The molecular weight excluding hydrogens is 334 g/mol. The second-order valence-electron chi connectivity index (χ2n) is 5.43. The summed E-state index contributed by atoms with van der Waals surface area (Å²) in [4.78, 5) is 23.4. The van der Waals surface area contributed by atoms with Gasteiger partial charge in [-0.05, 0) is 30.2 Å². The van der Waals surface area contributed by atoms with Gasteiger partial charge >= 0.3 is 11.8 Å². The van der Waals surface area contributed by atoms with E-state index in [-0.39, 0.29) is 0 Å². The van der Waals surface area contributed by atoms with Crippen molar-refractivity contribution in [3.63, 3.8) is 0 Å². The molecule has 0 saturated heterocycles. The van der Waals surface area contributed by atoms with Crippen LogP contribution in [0.15, 0.2) is 41.5 Å². The molecule has 0 bridgehead atoms. The molecule has 2 N–H and O–H groups in total. The highest BCUT2D eigenvalue weighted by atomic mass is 16.5. The average Bonchev–Trinajstić information content (AvgIpc) is 2.66. The maximum absolute atomic E-state index is 11.8. The lowest BCUT2D eigenvalue weighted by Gasteiger charge is -2.10. The lowest BCUT2D eigenvalue weighted by molar-refractivity contribution is -0.139. The number of benzene rings is 2. The third-order valence-corrected chi connectivity index (χ3v) is 3.61. The summed E-state index contributed by atoms with van der Waals surface area (Å²) in [6.45, 7) is 3.28. The standard InChI is InChI=1S/C19H23N3O4/c1-3-26-17-10-9-14-7-4-5-8-15(14)16(17)13-21-22-19(24)18(23)20-11-6-12-25-2/h4-5,7-10,13H,3,6,11-12H2,1-2H3,(H,20,23)(H,22,24)/b21-13-. The molecule has 0 aliphatic carbocycles. The Morgan fingerprint density at radius 1 is 1.15 bits per heavy atom. The van der Waals surface area contributed by atoms with Crippen molar-refractivity contribution in [2.24, 2.45) is 5.10 Å². The van der Waals surface area contributed by atoms with E-state index in [1.54, 1.807) is 7.11 Å². The molecule has 26 heavy (non-hydrogen) atoms.